The van der Waals surface area contributed by atoms with E-state index in [0.29, 0.717) is 6.04 Å². The molecule has 0 saturated carbocycles. The Hall–Kier alpha value is -0.640. The SMILES string of the molecule is Cc1nn(C)cc1NC1CCSC1. The predicted octanol–water partition coefficient (Wildman–Crippen LogP) is 1.65. The van der Waals surface area contributed by atoms with Gasteiger partial charge in [0.05, 0.1) is 11.4 Å². The van der Waals surface area contributed by atoms with Crippen LogP contribution in [0, 0.1) is 6.92 Å². The van der Waals surface area contributed by atoms with Crippen LogP contribution in [0.1, 0.15) is 12.1 Å². The molecule has 1 atom stereocenters. The standard InChI is InChI=1S/C9H15N3S/c1-7-9(5-12(2)11-7)10-8-3-4-13-6-8/h5,8,10H,3-4,6H2,1-2H3. The molecule has 13 heavy (non-hydrogen) atoms. The molecule has 1 aromatic heterocycles. The van der Waals surface area contributed by atoms with Crippen molar-refractivity contribution >= 4 is 17.4 Å². The van der Waals surface area contributed by atoms with E-state index in [4.69, 9.17) is 0 Å². The molecule has 72 valence electrons. The third kappa shape index (κ3) is 1.99. The lowest BCUT2D eigenvalue weighted by Gasteiger charge is -2.10. The molecule has 3 nitrogen and oxygen atoms in total. The van der Waals surface area contributed by atoms with Gasteiger partial charge in [-0.25, -0.2) is 0 Å². The zero-order valence-electron chi connectivity index (χ0n) is 8.08. The van der Waals surface area contributed by atoms with Crippen molar-refractivity contribution in [1.82, 2.24) is 9.78 Å². The Balaban J connectivity index is 2.03. The van der Waals surface area contributed by atoms with E-state index in [2.05, 4.69) is 16.6 Å². The summed E-state index contributed by atoms with van der Waals surface area (Å²) in [5.41, 5.74) is 2.29. The summed E-state index contributed by atoms with van der Waals surface area (Å²) >= 11 is 2.02. The molecule has 0 bridgehead atoms. The summed E-state index contributed by atoms with van der Waals surface area (Å²) in [5.74, 6) is 2.52. The predicted molar refractivity (Wildman–Crippen MR) is 57.3 cm³/mol. The summed E-state index contributed by atoms with van der Waals surface area (Å²) in [6.07, 6.45) is 3.33. The van der Waals surface area contributed by atoms with Crippen LogP contribution in [0.15, 0.2) is 6.20 Å². The van der Waals surface area contributed by atoms with Gasteiger partial charge in [0.25, 0.3) is 0 Å². The maximum absolute atomic E-state index is 4.30. The van der Waals surface area contributed by atoms with Crippen LogP contribution in [0.5, 0.6) is 0 Å². The second-order valence-corrected chi connectivity index (χ2v) is 4.66. The van der Waals surface area contributed by atoms with Crippen molar-refractivity contribution in [2.24, 2.45) is 7.05 Å². The zero-order valence-corrected chi connectivity index (χ0v) is 8.90. The van der Waals surface area contributed by atoms with Crippen LogP contribution in [-0.4, -0.2) is 27.3 Å². The first-order valence-electron chi connectivity index (χ1n) is 4.60. The molecule has 1 unspecified atom stereocenters. The molecule has 4 heteroatoms. The number of hydrogen-bond donors (Lipinski definition) is 1. The lowest BCUT2D eigenvalue weighted by molar-refractivity contribution is 0.756. The first-order valence-corrected chi connectivity index (χ1v) is 5.75. The number of nitrogens with zero attached hydrogens (tertiary/aromatic N) is 2. The van der Waals surface area contributed by atoms with Gasteiger partial charge >= 0.3 is 0 Å². The minimum atomic E-state index is 0.646. The molecule has 0 radical (unpaired) electrons. The molecule has 0 aromatic carbocycles. The quantitative estimate of drug-likeness (QED) is 0.781. The fourth-order valence-electron chi connectivity index (χ4n) is 1.61. The lowest BCUT2D eigenvalue weighted by Crippen LogP contribution is -2.18. The monoisotopic (exact) mass is 197 g/mol. The van der Waals surface area contributed by atoms with Gasteiger partial charge < -0.3 is 5.32 Å². The summed E-state index contributed by atoms with van der Waals surface area (Å²) < 4.78 is 1.86. The summed E-state index contributed by atoms with van der Waals surface area (Å²) in [7, 11) is 1.96. The van der Waals surface area contributed by atoms with Crippen molar-refractivity contribution in [3.63, 3.8) is 0 Å². The fourth-order valence-corrected chi connectivity index (χ4v) is 2.76. The third-order valence-corrected chi connectivity index (χ3v) is 3.47. The normalized spacial score (nSPS) is 22.2. The van der Waals surface area contributed by atoms with Gasteiger partial charge in [-0.3, -0.25) is 4.68 Å². The number of nitrogens with one attached hydrogen (secondary N) is 1. The van der Waals surface area contributed by atoms with Crippen LogP contribution < -0.4 is 5.32 Å². The van der Waals surface area contributed by atoms with E-state index in [0.717, 1.165) is 5.69 Å². The molecule has 1 aliphatic heterocycles. The average Bonchev–Trinajstić information content (AvgIpc) is 2.63. The maximum Gasteiger partial charge on any atom is 0.0825 e. The van der Waals surface area contributed by atoms with Crippen molar-refractivity contribution < 1.29 is 0 Å². The number of thioether (sulfide) groups is 1. The molecule has 2 heterocycles. The molecule has 1 saturated heterocycles. The van der Waals surface area contributed by atoms with Crippen molar-refractivity contribution in [2.45, 2.75) is 19.4 Å². The van der Waals surface area contributed by atoms with E-state index >= 15 is 0 Å². The highest BCUT2D eigenvalue weighted by Crippen LogP contribution is 2.22. The van der Waals surface area contributed by atoms with E-state index in [9.17, 15) is 0 Å². The van der Waals surface area contributed by atoms with Gasteiger partial charge in [0.2, 0.25) is 0 Å². The maximum atomic E-state index is 4.30. The van der Waals surface area contributed by atoms with Crippen molar-refractivity contribution in [1.29, 1.82) is 0 Å². The van der Waals surface area contributed by atoms with E-state index in [1.807, 2.05) is 30.4 Å². The van der Waals surface area contributed by atoms with Gasteiger partial charge in [0.15, 0.2) is 0 Å². The van der Waals surface area contributed by atoms with E-state index in [-0.39, 0.29) is 0 Å². The Bertz CT molecular complexity index is 289. The first-order chi connectivity index (χ1) is 6.25. The lowest BCUT2D eigenvalue weighted by atomic mass is 10.2. The van der Waals surface area contributed by atoms with Crippen LogP contribution in [0.3, 0.4) is 0 Å². The van der Waals surface area contributed by atoms with Gasteiger partial charge in [-0.05, 0) is 19.1 Å². The summed E-state index contributed by atoms with van der Waals surface area (Å²) in [6.45, 7) is 2.05. The van der Waals surface area contributed by atoms with Crippen LogP contribution in [-0.2, 0) is 7.05 Å². The van der Waals surface area contributed by atoms with Crippen LogP contribution in [0.2, 0.25) is 0 Å². The van der Waals surface area contributed by atoms with Crippen molar-refractivity contribution in [3.8, 4) is 0 Å². The summed E-state index contributed by atoms with van der Waals surface area (Å²) in [5, 5.41) is 7.83. The number of aromatic nitrogens is 2. The van der Waals surface area contributed by atoms with Crippen molar-refractivity contribution in [3.05, 3.63) is 11.9 Å². The zero-order chi connectivity index (χ0) is 9.26. The highest BCUT2D eigenvalue weighted by Gasteiger charge is 2.16. The molecular formula is C9H15N3S. The number of rotatable bonds is 2. The van der Waals surface area contributed by atoms with Gasteiger partial charge in [0.1, 0.15) is 0 Å². The van der Waals surface area contributed by atoms with Gasteiger partial charge in [-0.15, -0.1) is 0 Å². The third-order valence-electron chi connectivity index (χ3n) is 2.30. The summed E-state index contributed by atoms with van der Waals surface area (Å²) in [6, 6.07) is 0.646. The second-order valence-electron chi connectivity index (χ2n) is 3.51. The summed E-state index contributed by atoms with van der Waals surface area (Å²) in [4.78, 5) is 0. The molecule has 1 N–H and O–H groups in total. The van der Waals surface area contributed by atoms with E-state index in [1.54, 1.807) is 0 Å². The molecule has 1 aromatic rings. The second kappa shape index (κ2) is 3.62. The highest BCUT2D eigenvalue weighted by molar-refractivity contribution is 7.99. The molecule has 0 amide bonds. The Labute approximate surface area is 82.9 Å². The molecule has 0 spiro atoms. The van der Waals surface area contributed by atoms with Gasteiger partial charge in [-0.2, -0.15) is 16.9 Å². The Morgan fingerprint density at radius 2 is 2.54 bits per heavy atom. The Morgan fingerprint density at radius 1 is 1.69 bits per heavy atom. The van der Waals surface area contributed by atoms with Crippen LogP contribution in [0.25, 0.3) is 0 Å². The highest BCUT2D eigenvalue weighted by atomic mass is 32.2. The molecular weight excluding hydrogens is 182 g/mol. The minimum absolute atomic E-state index is 0.646. The van der Waals surface area contributed by atoms with Crippen LogP contribution >= 0.6 is 11.8 Å². The Morgan fingerprint density at radius 3 is 3.08 bits per heavy atom. The van der Waals surface area contributed by atoms with E-state index in [1.165, 1.54) is 23.6 Å². The number of hydrogen-bond acceptors (Lipinski definition) is 3. The minimum Gasteiger partial charge on any atom is -0.379 e. The number of aryl methyl sites for hydroxylation is 2. The van der Waals surface area contributed by atoms with E-state index < -0.39 is 0 Å². The average molecular weight is 197 g/mol. The van der Waals surface area contributed by atoms with Gasteiger partial charge in [0, 0.05) is 25.0 Å². The fraction of sp³-hybridized carbons (Fsp3) is 0.667. The Kier molecular flexibility index (Phi) is 2.49. The largest absolute Gasteiger partial charge is 0.379 e. The first kappa shape index (κ1) is 8.94. The smallest absolute Gasteiger partial charge is 0.0825 e. The topological polar surface area (TPSA) is 29.9 Å². The van der Waals surface area contributed by atoms with Crippen molar-refractivity contribution in [2.75, 3.05) is 16.8 Å². The van der Waals surface area contributed by atoms with Gasteiger partial charge in [-0.1, -0.05) is 0 Å². The molecule has 0 aliphatic carbocycles. The molecule has 2 rings (SSSR count). The van der Waals surface area contributed by atoms with Crippen LogP contribution in [0.4, 0.5) is 5.69 Å². The molecule has 1 fully saturated rings. The number of anilines is 1. The molecule has 1 aliphatic rings.